The van der Waals surface area contributed by atoms with Crippen LogP contribution >= 0.6 is 0 Å². The molecule has 33 heavy (non-hydrogen) atoms. The van der Waals surface area contributed by atoms with Crippen molar-refractivity contribution in [3.05, 3.63) is 71.3 Å². The third-order valence-electron chi connectivity index (χ3n) is 5.97. The zero-order valence-electron chi connectivity index (χ0n) is 19.4. The minimum Gasteiger partial charge on any atom is -0.392 e. The molecule has 2 aliphatic rings. The number of fused-ring (bicyclic) bond motifs is 1. The highest BCUT2D eigenvalue weighted by molar-refractivity contribution is 5.77. The molecule has 7 heteroatoms. The summed E-state index contributed by atoms with van der Waals surface area (Å²) in [6.07, 6.45) is 4.72. The average molecular weight is 455 g/mol. The van der Waals surface area contributed by atoms with E-state index in [4.69, 9.17) is 10.5 Å². The number of hydrogen-bond acceptors (Lipinski definition) is 5. The number of rotatable bonds is 7. The van der Waals surface area contributed by atoms with Gasteiger partial charge in [-0.15, -0.1) is 0 Å². The fourth-order valence-electron chi connectivity index (χ4n) is 4.31. The molecule has 0 radical (unpaired) electrons. The fraction of sp³-hybridized carbons (Fsp3) is 0.462. The van der Waals surface area contributed by atoms with Gasteiger partial charge in [0.25, 0.3) is 0 Å². The van der Waals surface area contributed by atoms with Crippen LogP contribution in [0.4, 0.5) is 0 Å². The minimum atomic E-state index is -0.510. The molecule has 1 aliphatic carbocycles. The molecule has 2 atom stereocenters. The topological polar surface area (TPSA) is 122 Å². The average Bonchev–Trinajstić information content (AvgIpc) is 3.30. The van der Waals surface area contributed by atoms with E-state index in [-0.39, 0.29) is 18.2 Å². The zero-order chi connectivity index (χ0) is 23.9. The summed E-state index contributed by atoms with van der Waals surface area (Å²) in [4.78, 5) is 22.4. The molecule has 2 amide bonds. The summed E-state index contributed by atoms with van der Waals surface area (Å²) in [5.41, 5.74) is 13.9. The second-order valence-electron chi connectivity index (χ2n) is 8.49. The summed E-state index contributed by atoms with van der Waals surface area (Å²) in [5, 5.41) is 13.5. The van der Waals surface area contributed by atoms with E-state index in [1.54, 1.807) is 11.1 Å². The summed E-state index contributed by atoms with van der Waals surface area (Å²) >= 11 is 0. The lowest BCUT2D eigenvalue weighted by Gasteiger charge is -2.30. The monoisotopic (exact) mass is 454 g/mol. The molecule has 0 saturated carbocycles. The van der Waals surface area contributed by atoms with Crippen molar-refractivity contribution in [2.75, 3.05) is 32.7 Å². The molecular formula is C26H38N4O3. The lowest BCUT2D eigenvalue weighted by Crippen LogP contribution is -2.46. The highest BCUT2D eigenvalue weighted by Gasteiger charge is 2.22. The quantitative estimate of drug-likeness (QED) is 0.469. The Bertz CT molecular complexity index is 802. The second-order valence-corrected chi connectivity index (χ2v) is 8.49. The first-order valence-corrected chi connectivity index (χ1v) is 11.7. The van der Waals surface area contributed by atoms with E-state index in [1.165, 1.54) is 19.3 Å². The molecule has 7 nitrogen and oxygen atoms in total. The van der Waals surface area contributed by atoms with Crippen LogP contribution in [0.2, 0.25) is 0 Å². The van der Waals surface area contributed by atoms with E-state index >= 15 is 0 Å². The van der Waals surface area contributed by atoms with Crippen molar-refractivity contribution >= 4 is 12.3 Å². The Labute approximate surface area is 197 Å². The number of carbonyl (C=O) groups is 2. The first-order chi connectivity index (χ1) is 16.0. The minimum absolute atomic E-state index is 0.250. The molecule has 2 aromatic rings. The first kappa shape index (κ1) is 26.5. The molecule has 180 valence electrons. The lowest BCUT2D eigenvalue weighted by atomic mass is 9.93. The van der Waals surface area contributed by atoms with Gasteiger partial charge in [-0.25, -0.2) is 0 Å². The van der Waals surface area contributed by atoms with Crippen LogP contribution < -0.4 is 16.8 Å². The highest BCUT2D eigenvalue weighted by Crippen LogP contribution is 2.20. The van der Waals surface area contributed by atoms with Gasteiger partial charge in [-0.2, -0.15) is 0 Å². The molecule has 1 fully saturated rings. The van der Waals surface area contributed by atoms with Crippen LogP contribution in [0, 0.1) is 5.92 Å². The summed E-state index contributed by atoms with van der Waals surface area (Å²) < 4.78 is 0. The van der Waals surface area contributed by atoms with Crippen molar-refractivity contribution in [3.8, 4) is 0 Å². The van der Waals surface area contributed by atoms with Gasteiger partial charge in [-0.05, 0) is 48.8 Å². The molecule has 0 aromatic heterocycles. The Balaban J connectivity index is 0.000000263. The SMILES string of the molecule is NC(=O)[C@H](Cc1ccccc1)C[C@H](O)CN1CCNCC1.NC=O.c1ccc2c(c1)CCC2. The molecule has 0 unspecified atom stereocenters. The number of piperazine rings is 1. The van der Waals surface area contributed by atoms with Gasteiger partial charge in [-0.3, -0.25) is 14.5 Å². The molecule has 1 heterocycles. The highest BCUT2D eigenvalue weighted by atomic mass is 16.3. The van der Waals surface area contributed by atoms with Crippen molar-refractivity contribution in [1.29, 1.82) is 0 Å². The van der Waals surface area contributed by atoms with Gasteiger partial charge in [-0.1, -0.05) is 54.6 Å². The van der Waals surface area contributed by atoms with Gasteiger partial charge < -0.3 is 21.9 Å². The van der Waals surface area contributed by atoms with Crippen molar-refractivity contribution in [3.63, 3.8) is 0 Å². The molecule has 1 aliphatic heterocycles. The number of hydrogen-bond donors (Lipinski definition) is 4. The summed E-state index contributed by atoms with van der Waals surface area (Å²) in [6.45, 7) is 4.40. The Morgan fingerprint density at radius 3 is 2.12 bits per heavy atom. The van der Waals surface area contributed by atoms with E-state index in [0.717, 1.165) is 31.7 Å². The van der Waals surface area contributed by atoms with Crippen LogP contribution in [0.1, 0.15) is 29.5 Å². The number of amides is 2. The smallest absolute Gasteiger partial charge is 0.220 e. The van der Waals surface area contributed by atoms with Crippen LogP contribution in [0.15, 0.2) is 54.6 Å². The molecule has 0 spiro atoms. The summed E-state index contributed by atoms with van der Waals surface area (Å²) in [7, 11) is 0. The van der Waals surface area contributed by atoms with Gasteiger partial charge in [0.2, 0.25) is 12.3 Å². The van der Waals surface area contributed by atoms with Gasteiger partial charge in [0.05, 0.1) is 6.10 Å². The van der Waals surface area contributed by atoms with E-state index < -0.39 is 6.10 Å². The number of benzene rings is 2. The number of carbonyl (C=O) groups excluding carboxylic acids is 2. The van der Waals surface area contributed by atoms with E-state index in [1.807, 2.05) is 30.3 Å². The van der Waals surface area contributed by atoms with E-state index in [0.29, 0.717) is 19.4 Å². The van der Waals surface area contributed by atoms with Gasteiger partial charge in [0.1, 0.15) is 0 Å². The molecule has 6 N–H and O–H groups in total. The first-order valence-electron chi connectivity index (χ1n) is 11.7. The summed E-state index contributed by atoms with van der Waals surface area (Å²) in [6, 6.07) is 18.5. The van der Waals surface area contributed by atoms with E-state index in [2.05, 4.69) is 40.2 Å². The lowest BCUT2D eigenvalue weighted by molar-refractivity contribution is -0.122. The van der Waals surface area contributed by atoms with Crippen molar-refractivity contribution in [2.45, 2.75) is 38.2 Å². The Hall–Kier alpha value is -2.74. The molecule has 4 rings (SSSR count). The Kier molecular flexibility index (Phi) is 12.2. The molecule has 2 aromatic carbocycles. The van der Waals surface area contributed by atoms with Crippen LogP contribution in [-0.4, -0.2) is 61.2 Å². The Morgan fingerprint density at radius 1 is 1.03 bits per heavy atom. The van der Waals surface area contributed by atoms with Gasteiger partial charge in [0, 0.05) is 38.6 Å². The van der Waals surface area contributed by atoms with Crippen LogP contribution in [0.3, 0.4) is 0 Å². The number of nitrogens with zero attached hydrogens (tertiary/aromatic N) is 1. The van der Waals surface area contributed by atoms with Crippen molar-refractivity contribution < 1.29 is 14.7 Å². The van der Waals surface area contributed by atoms with Gasteiger partial charge in [0.15, 0.2) is 0 Å². The number of nitrogens with one attached hydrogen (secondary N) is 1. The normalized spacial score (nSPS) is 16.8. The number of aliphatic hydroxyl groups is 1. The maximum absolute atomic E-state index is 11.6. The third-order valence-corrected chi connectivity index (χ3v) is 5.97. The predicted molar refractivity (Wildman–Crippen MR) is 131 cm³/mol. The number of nitrogens with two attached hydrogens (primary N) is 2. The van der Waals surface area contributed by atoms with Crippen LogP contribution in [-0.2, 0) is 28.9 Å². The number of primary amides is 2. The third kappa shape index (κ3) is 10.2. The molecule has 0 bridgehead atoms. The Morgan fingerprint density at radius 2 is 1.58 bits per heavy atom. The molecule has 1 saturated heterocycles. The van der Waals surface area contributed by atoms with E-state index in [9.17, 15) is 9.90 Å². The summed E-state index contributed by atoms with van der Waals surface area (Å²) in [5.74, 6) is -0.650. The van der Waals surface area contributed by atoms with Crippen LogP contribution in [0.5, 0.6) is 0 Å². The zero-order valence-corrected chi connectivity index (χ0v) is 19.4. The second kappa shape index (κ2) is 15.2. The number of β-amino-alcohol motifs (C(OH)–C–C–N with tert-alkyl or cyclic N) is 1. The van der Waals surface area contributed by atoms with Crippen molar-refractivity contribution in [2.24, 2.45) is 17.4 Å². The largest absolute Gasteiger partial charge is 0.392 e. The fourth-order valence-corrected chi connectivity index (χ4v) is 4.31. The van der Waals surface area contributed by atoms with Crippen LogP contribution in [0.25, 0.3) is 0 Å². The molecular weight excluding hydrogens is 416 g/mol. The number of aryl methyl sites for hydroxylation is 2. The maximum atomic E-state index is 11.6. The number of aliphatic hydroxyl groups excluding tert-OH is 1. The maximum Gasteiger partial charge on any atom is 0.220 e. The van der Waals surface area contributed by atoms with Crippen molar-refractivity contribution in [1.82, 2.24) is 10.2 Å². The predicted octanol–water partition coefficient (Wildman–Crippen LogP) is 1.26. The van der Waals surface area contributed by atoms with Gasteiger partial charge >= 0.3 is 0 Å². The standard InChI is InChI=1S/C16H25N3O2.C9H10.CH3NO/c17-16(21)14(10-13-4-2-1-3-5-13)11-15(20)12-19-8-6-18-7-9-19;1-2-5-9-7-3-6-8(9)4-1;2-1-3/h1-5,14-15,18,20H,6-12H2,(H2,17,21);1-2,4-5H,3,6-7H2;1H,(H2,2,3)/t14-,15+;;/m1../s1.